The molecule has 0 radical (unpaired) electrons. The van der Waals surface area contributed by atoms with Crippen molar-refractivity contribution in [3.05, 3.63) is 57.5 Å². The van der Waals surface area contributed by atoms with Crippen molar-refractivity contribution in [2.75, 3.05) is 24.3 Å². The Labute approximate surface area is 147 Å². The zero-order valence-corrected chi connectivity index (χ0v) is 14.6. The molecule has 0 saturated carbocycles. The molecule has 0 fully saturated rings. The molecule has 0 bridgehead atoms. The number of rotatable bonds is 5. The maximum absolute atomic E-state index is 12.0. The summed E-state index contributed by atoms with van der Waals surface area (Å²) in [7, 11) is 1.30. The van der Waals surface area contributed by atoms with Crippen LogP contribution in [0.4, 0.5) is 11.4 Å². The van der Waals surface area contributed by atoms with Crippen molar-refractivity contribution in [3.63, 3.8) is 0 Å². The van der Waals surface area contributed by atoms with Crippen LogP contribution in [0.5, 0.6) is 0 Å². The van der Waals surface area contributed by atoms with Gasteiger partial charge in [-0.05, 0) is 36.4 Å². The van der Waals surface area contributed by atoms with Crippen LogP contribution >= 0.6 is 27.5 Å². The number of methoxy groups -OCH3 is 1. The summed E-state index contributed by atoms with van der Waals surface area (Å²) in [5.41, 5.74) is 1.52. The molecule has 0 heterocycles. The minimum Gasteiger partial charge on any atom is -0.465 e. The second-order valence-electron chi connectivity index (χ2n) is 4.60. The van der Waals surface area contributed by atoms with Crippen LogP contribution in [-0.4, -0.2) is 25.5 Å². The molecule has 0 saturated heterocycles. The Hall–Kier alpha value is -2.05. The lowest BCUT2D eigenvalue weighted by Gasteiger charge is -2.10. The SMILES string of the molecule is COC(=O)c1ccc(Cl)c(NCC(=O)Nc2cccc(Br)c2)c1. The molecule has 5 nitrogen and oxygen atoms in total. The normalized spacial score (nSPS) is 10.0. The van der Waals surface area contributed by atoms with Gasteiger partial charge >= 0.3 is 5.97 Å². The van der Waals surface area contributed by atoms with Crippen LogP contribution in [0, 0.1) is 0 Å². The van der Waals surface area contributed by atoms with E-state index in [0.29, 0.717) is 22.0 Å². The van der Waals surface area contributed by atoms with Gasteiger partial charge in [0.15, 0.2) is 0 Å². The van der Waals surface area contributed by atoms with Gasteiger partial charge in [-0.3, -0.25) is 4.79 Å². The Bertz CT molecular complexity index is 737. The molecule has 0 unspecified atom stereocenters. The highest BCUT2D eigenvalue weighted by atomic mass is 79.9. The summed E-state index contributed by atoms with van der Waals surface area (Å²) >= 11 is 9.39. The summed E-state index contributed by atoms with van der Waals surface area (Å²) in [5, 5.41) is 6.07. The van der Waals surface area contributed by atoms with Crippen molar-refractivity contribution in [1.29, 1.82) is 0 Å². The Morgan fingerprint density at radius 3 is 2.70 bits per heavy atom. The van der Waals surface area contributed by atoms with Gasteiger partial charge in [0.25, 0.3) is 0 Å². The second kappa shape index (κ2) is 7.99. The van der Waals surface area contributed by atoms with Gasteiger partial charge in [-0.2, -0.15) is 0 Å². The molecule has 2 aromatic rings. The van der Waals surface area contributed by atoms with Gasteiger partial charge in [-0.25, -0.2) is 4.79 Å². The quantitative estimate of drug-likeness (QED) is 0.750. The number of benzene rings is 2. The van der Waals surface area contributed by atoms with Crippen LogP contribution < -0.4 is 10.6 Å². The van der Waals surface area contributed by atoms with E-state index in [4.69, 9.17) is 11.6 Å². The molecule has 120 valence electrons. The molecule has 2 rings (SSSR count). The fourth-order valence-corrected chi connectivity index (χ4v) is 2.44. The minimum absolute atomic E-state index is 0.0108. The van der Waals surface area contributed by atoms with E-state index in [0.717, 1.165) is 4.47 Å². The van der Waals surface area contributed by atoms with Gasteiger partial charge in [-0.1, -0.05) is 33.6 Å². The second-order valence-corrected chi connectivity index (χ2v) is 5.92. The largest absolute Gasteiger partial charge is 0.465 e. The van der Waals surface area contributed by atoms with Gasteiger partial charge in [-0.15, -0.1) is 0 Å². The average molecular weight is 398 g/mol. The summed E-state index contributed by atoms with van der Waals surface area (Å²) in [6, 6.07) is 11.9. The average Bonchev–Trinajstić information content (AvgIpc) is 2.53. The van der Waals surface area contributed by atoms with Crippen molar-refractivity contribution in [1.82, 2.24) is 0 Å². The van der Waals surface area contributed by atoms with Gasteiger partial charge in [0.05, 0.1) is 29.9 Å². The summed E-state index contributed by atoms with van der Waals surface area (Å²) in [5.74, 6) is -0.703. The molecule has 0 aliphatic heterocycles. The van der Waals surface area contributed by atoms with Gasteiger partial charge in [0.2, 0.25) is 5.91 Å². The Kier molecular flexibility index (Phi) is 6.01. The van der Waals surface area contributed by atoms with Crippen LogP contribution in [0.1, 0.15) is 10.4 Å². The maximum atomic E-state index is 12.0. The highest BCUT2D eigenvalue weighted by Crippen LogP contribution is 2.23. The van der Waals surface area contributed by atoms with Crippen LogP contribution in [0.15, 0.2) is 46.9 Å². The predicted octanol–water partition coefficient (Wildman–Crippen LogP) is 3.94. The van der Waals surface area contributed by atoms with Crippen molar-refractivity contribution in [2.45, 2.75) is 0 Å². The number of nitrogens with one attached hydrogen (secondary N) is 2. The van der Waals surface area contributed by atoms with E-state index in [1.165, 1.54) is 7.11 Å². The third kappa shape index (κ3) is 4.97. The maximum Gasteiger partial charge on any atom is 0.337 e. The van der Waals surface area contributed by atoms with Crippen LogP contribution in [0.25, 0.3) is 0 Å². The first kappa shape index (κ1) is 17.3. The number of hydrogen-bond acceptors (Lipinski definition) is 4. The molecule has 23 heavy (non-hydrogen) atoms. The lowest BCUT2D eigenvalue weighted by molar-refractivity contribution is -0.114. The van der Waals surface area contributed by atoms with E-state index in [1.807, 2.05) is 12.1 Å². The number of carbonyl (C=O) groups excluding carboxylic acids is 2. The summed E-state index contributed by atoms with van der Waals surface area (Å²) < 4.78 is 5.53. The molecule has 1 amide bonds. The van der Waals surface area contributed by atoms with Crippen molar-refractivity contribution >= 4 is 50.8 Å². The molecular weight excluding hydrogens is 384 g/mol. The van der Waals surface area contributed by atoms with E-state index in [2.05, 4.69) is 31.3 Å². The first-order chi connectivity index (χ1) is 11.0. The van der Waals surface area contributed by atoms with E-state index >= 15 is 0 Å². The van der Waals surface area contributed by atoms with Gasteiger partial charge in [0, 0.05) is 10.2 Å². The molecule has 0 aromatic heterocycles. The first-order valence-corrected chi connectivity index (χ1v) is 7.84. The Morgan fingerprint density at radius 2 is 2.00 bits per heavy atom. The molecule has 0 aliphatic rings. The standard InChI is InChI=1S/C16H14BrClN2O3/c1-23-16(22)10-5-6-13(18)14(7-10)19-9-15(21)20-12-4-2-3-11(17)8-12/h2-8,19H,9H2,1H3,(H,20,21). The third-order valence-electron chi connectivity index (χ3n) is 2.94. The van der Waals surface area contributed by atoms with Crippen molar-refractivity contribution in [3.8, 4) is 0 Å². The van der Waals surface area contributed by atoms with Crippen LogP contribution in [-0.2, 0) is 9.53 Å². The minimum atomic E-state index is -0.469. The Balaban J connectivity index is 2.00. The lowest BCUT2D eigenvalue weighted by Crippen LogP contribution is -2.22. The fourth-order valence-electron chi connectivity index (χ4n) is 1.85. The van der Waals surface area contributed by atoms with Gasteiger partial charge < -0.3 is 15.4 Å². The number of anilines is 2. The van der Waals surface area contributed by atoms with E-state index in [-0.39, 0.29) is 12.5 Å². The fraction of sp³-hybridized carbons (Fsp3) is 0.125. The summed E-state index contributed by atoms with van der Waals surface area (Å²) in [4.78, 5) is 23.5. The van der Waals surface area contributed by atoms with Crippen molar-refractivity contribution < 1.29 is 14.3 Å². The number of ether oxygens (including phenoxy) is 1. The van der Waals surface area contributed by atoms with Crippen molar-refractivity contribution in [2.24, 2.45) is 0 Å². The summed E-state index contributed by atoms with van der Waals surface area (Å²) in [6.07, 6.45) is 0. The Morgan fingerprint density at radius 1 is 1.22 bits per heavy atom. The highest BCUT2D eigenvalue weighted by Gasteiger charge is 2.10. The molecule has 2 aromatic carbocycles. The topological polar surface area (TPSA) is 67.4 Å². The van der Waals surface area contributed by atoms with Gasteiger partial charge in [0.1, 0.15) is 0 Å². The predicted molar refractivity (Wildman–Crippen MR) is 94.1 cm³/mol. The number of esters is 1. The molecular formula is C16H14BrClN2O3. The number of amides is 1. The zero-order chi connectivity index (χ0) is 16.8. The van der Waals surface area contributed by atoms with Crippen LogP contribution in [0.2, 0.25) is 5.02 Å². The van der Waals surface area contributed by atoms with Crippen LogP contribution in [0.3, 0.4) is 0 Å². The monoisotopic (exact) mass is 396 g/mol. The number of halogens is 2. The first-order valence-electron chi connectivity index (χ1n) is 6.67. The summed E-state index contributed by atoms with van der Waals surface area (Å²) in [6.45, 7) is 0.0108. The number of hydrogen-bond donors (Lipinski definition) is 2. The smallest absolute Gasteiger partial charge is 0.337 e. The zero-order valence-electron chi connectivity index (χ0n) is 12.2. The van der Waals surface area contributed by atoms with E-state index in [9.17, 15) is 9.59 Å². The third-order valence-corrected chi connectivity index (χ3v) is 3.76. The van der Waals surface area contributed by atoms with E-state index < -0.39 is 5.97 Å². The number of carbonyl (C=O) groups is 2. The molecule has 0 aliphatic carbocycles. The molecule has 7 heteroatoms. The molecule has 2 N–H and O–H groups in total. The lowest BCUT2D eigenvalue weighted by atomic mass is 10.2. The highest BCUT2D eigenvalue weighted by molar-refractivity contribution is 9.10. The van der Waals surface area contributed by atoms with E-state index in [1.54, 1.807) is 30.3 Å². The molecule has 0 spiro atoms. The molecule has 0 atom stereocenters.